The zero-order valence-corrected chi connectivity index (χ0v) is 21.9. The van der Waals surface area contributed by atoms with Crippen molar-refractivity contribution in [1.82, 2.24) is 34.4 Å². The second-order valence-corrected chi connectivity index (χ2v) is 9.55. The summed E-state index contributed by atoms with van der Waals surface area (Å²) >= 11 is 0. The number of aromatic nitrogens is 6. The van der Waals surface area contributed by atoms with Gasteiger partial charge in [-0.25, -0.2) is 18.1 Å². The first-order valence-electron chi connectivity index (χ1n) is 11.4. The number of methoxy groups -OCH3 is 2. The minimum Gasteiger partial charge on any atom is -0.494 e. The molecular weight excluding hydrogens is 514 g/mol. The smallest absolute Gasteiger partial charge is 0.303 e. The Labute approximate surface area is 218 Å². The van der Waals surface area contributed by atoms with Crippen LogP contribution in [-0.4, -0.2) is 64.9 Å². The SMILES string of the molecule is CCOc1cccc(-c2nnc(C(=O)NS(=O)(=O)Cc3cnc(C)cn3)n2-c2c(OC)cccc2OC)n1. The van der Waals surface area contributed by atoms with Crippen LogP contribution in [0.3, 0.4) is 0 Å². The molecule has 0 aliphatic heterocycles. The Morgan fingerprint density at radius 1 is 1.00 bits per heavy atom. The number of hydrogen-bond acceptors (Lipinski definition) is 11. The lowest BCUT2D eigenvalue weighted by atomic mass is 10.2. The summed E-state index contributed by atoms with van der Waals surface area (Å²) in [6, 6.07) is 10.0. The van der Waals surface area contributed by atoms with E-state index in [1.165, 1.54) is 31.2 Å². The number of sulfonamides is 1. The number of amides is 1. The summed E-state index contributed by atoms with van der Waals surface area (Å²) in [5.41, 5.74) is 1.38. The highest BCUT2D eigenvalue weighted by Crippen LogP contribution is 2.36. The number of nitrogens with zero attached hydrogens (tertiary/aromatic N) is 6. The van der Waals surface area contributed by atoms with E-state index >= 15 is 0 Å². The lowest BCUT2D eigenvalue weighted by molar-refractivity contribution is 0.0969. The topological polar surface area (TPSA) is 160 Å². The van der Waals surface area contributed by atoms with Gasteiger partial charge in [-0.15, -0.1) is 10.2 Å². The second kappa shape index (κ2) is 11.2. The van der Waals surface area contributed by atoms with Gasteiger partial charge < -0.3 is 14.2 Å². The monoisotopic (exact) mass is 539 g/mol. The van der Waals surface area contributed by atoms with Crippen LogP contribution in [-0.2, 0) is 15.8 Å². The Morgan fingerprint density at radius 3 is 2.34 bits per heavy atom. The van der Waals surface area contributed by atoms with E-state index in [0.717, 1.165) is 0 Å². The zero-order chi connectivity index (χ0) is 27.3. The fraction of sp³-hybridized carbons (Fsp3) is 0.250. The van der Waals surface area contributed by atoms with Crippen molar-refractivity contribution in [2.45, 2.75) is 19.6 Å². The van der Waals surface area contributed by atoms with Crippen molar-refractivity contribution in [2.24, 2.45) is 0 Å². The highest BCUT2D eigenvalue weighted by molar-refractivity contribution is 7.89. The molecule has 0 saturated carbocycles. The summed E-state index contributed by atoms with van der Waals surface area (Å²) in [6.07, 6.45) is 2.77. The lowest BCUT2D eigenvalue weighted by Crippen LogP contribution is -2.33. The summed E-state index contributed by atoms with van der Waals surface area (Å²) in [5.74, 6) is -0.845. The van der Waals surface area contributed by atoms with Crippen molar-refractivity contribution < 1.29 is 27.4 Å². The summed E-state index contributed by atoms with van der Waals surface area (Å²) in [5, 5.41) is 8.18. The molecule has 0 unspecified atom stereocenters. The molecule has 1 aromatic carbocycles. The predicted octanol–water partition coefficient (Wildman–Crippen LogP) is 2.10. The van der Waals surface area contributed by atoms with Gasteiger partial charge in [0.1, 0.15) is 28.6 Å². The van der Waals surface area contributed by atoms with E-state index in [1.54, 1.807) is 43.3 Å². The quantitative estimate of drug-likeness (QED) is 0.314. The van der Waals surface area contributed by atoms with E-state index in [9.17, 15) is 13.2 Å². The molecule has 1 N–H and O–H groups in total. The Bertz CT molecular complexity index is 1530. The number of hydrogen-bond donors (Lipinski definition) is 1. The van der Waals surface area contributed by atoms with Crippen LogP contribution in [0.25, 0.3) is 17.2 Å². The average Bonchev–Trinajstić information content (AvgIpc) is 3.34. The average molecular weight is 540 g/mol. The van der Waals surface area contributed by atoms with E-state index < -0.39 is 21.7 Å². The highest BCUT2D eigenvalue weighted by atomic mass is 32.2. The number of benzene rings is 1. The van der Waals surface area contributed by atoms with Crippen LogP contribution >= 0.6 is 0 Å². The minimum atomic E-state index is -4.18. The molecule has 0 bridgehead atoms. The maximum absolute atomic E-state index is 13.3. The van der Waals surface area contributed by atoms with Crippen molar-refractivity contribution >= 4 is 15.9 Å². The van der Waals surface area contributed by atoms with Gasteiger partial charge in [0, 0.05) is 18.5 Å². The summed E-state index contributed by atoms with van der Waals surface area (Å²) in [4.78, 5) is 25.9. The number of aryl methyl sites for hydroxylation is 1. The van der Waals surface area contributed by atoms with Crippen molar-refractivity contribution in [3.63, 3.8) is 0 Å². The number of pyridine rings is 1. The Balaban J connectivity index is 1.82. The van der Waals surface area contributed by atoms with Gasteiger partial charge in [-0.2, -0.15) is 0 Å². The maximum atomic E-state index is 13.3. The van der Waals surface area contributed by atoms with Gasteiger partial charge in [-0.05, 0) is 32.0 Å². The van der Waals surface area contributed by atoms with Crippen LogP contribution in [0.1, 0.15) is 28.9 Å². The fourth-order valence-electron chi connectivity index (χ4n) is 3.54. The maximum Gasteiger partial charge on any atom is 0.303 e. The van der Waals surface area contributed by atoms with Gasteiger partial charge in [0.2, 0.25) is 21.7 Å². The molecule has 3 aromatic heterocycles. The molecule has 0 saturated heterocycles. The molecule has 0 radical (unpaired) electrons. The number of ether oxygens (including phenoxy) is 3. The molecule has 14 heteroatoms. The second-order valence-electron chi connectivity index (χ2n) is 7.83. The first-order chi connectivity index (χ1) is 18.3. The van der Waals surface area contributed by atoms with Gasteiger partial charge in [-0.1, -0.05) is 12.1 Å². The third-order valence-electron chi connectivity index (χ3n) is 5.16. The normalized spacial score (nSPS) is 11.2. The molecule has 1 amide bonds. The zero-order valence-electron chi connectivity index (χ0n) is 21.1. The molecule has 0 aliphatic rings. The van der Waals surface area contributed by atoms with Crippen molar-refractivity contribution in [1.29, 1.82) is 0 Å². The molecule has 198 valence electrons. The van der Waals surface area contributed by atoms with Crippen molar-refractivity contribution in [3.8, 4) is 34.6 Å². The fourth-order valence-corrected chi connectivity index (χ4v) is 4.52. The predicted molar refractivity (Wildman–Crippen MR) is 136 cm³/mol. The molecule has 38 heavy (non-hydrogen) atoms. The number of rotatable bonds is 10. The van der Waals surface area contributed by atoms with Crippen LogP contribution in [0.4, 0.5) is 0 Å². The highest BCUT2D eigenvalue weighted by Gasteiger charge is 2.29. The summed E-state index contributed by atoms with van der Waals surface area (Å²) < 4.78 is 45.5. The molecule has 4 rings (SSSR count). The standard InChI is InChI=1S/C24H25N7O6S/c1-5-37-20-11-6-8-17(27-20)22-28-29-23(31(22)21-18(35-3)9-7-10-19(21)36-4)24(32)30-38(33,34)14-16-13-25-15(2)12-26-16/h6-13H,5,14H2,1-4H3,(H,30,32). The number of nitrogens with one attached hydrogen (secondary N) is 1. The van der Waals surface area contributed by atoms with Gasteiger partial charge >= 0.3 is 5.91 Å². The summed E-state index contributed by atoms with van der Waals surface area (Å²) in [7, 11) is -1.28. The van der Waals surface area contributed by atoms with E-state index in [2.05, 4.69) is 25.1 Å². The molecule has 0 atom stereocenters. The van der Waals surface area contributed by atoms with E-state index in [1.807, 2.05) is 11.6 Å². The van der Waals surface area contributed by atoms with Crippen LogP contribution in [0.2, 0.25) is 0 Å². The molecule has 0 fully saturated rings. The lowest BCUT2D eigenvalue weighted by Gasteiger charge is -2.17. The van der Waals surface area contributed by atoms with Gasteiger partial charge in [0.05, 0.1) is 32.2 Å². The van der Waals surface area contributed by atoms with E-state index in [4.69, 9.17) is 14.2 Å². The first kappa shape index (κ1) is 26.5. The molecule has 0 spiro atoms. The first-order valence-corrected chi connectivity index (χ1v) is 13.0. The number of carbonyl (C=O) groups excluding carboxylic acids is 1. The molecule has 0 aliphatic carbocycles. The third kappa shape index (κ3) is 5.70. The Hall–Kier alpha value is -4.59. The summed E-state index contributed by atoms with van der Waals surface area (Å²) in [6.45, 7) is 3.94. The van der Waals surface area contributed by atoms with Gasteiger partial charge in [0.25, 0.3) is 0 Å². The molecular formula is C24H25N7O6S. The van der Waals surface area contributed by atoms with Crippen LogP contribution in [0.5, 0.6) is 17.4 Å². The Morgan fingerprint density at radius 2 is 1.71 bits per heavy atom. The van der Waals surface area contributed by atoms with Gasteiger partial charge in [-0.3, -0.25) is 19.3 Å². The van der Waals surface area contributed by atoms with Gasteiger partial charge in [0.15, 0.2) is 5.82 Å². The van der Waals surface area contributed by atoms with Crippen molar-refractivity contribution in [3.05, 3.63) is 66.0 Å². The van der Waals surface area contributed by atoms with E-state index in [-0.39, 0.29) is 23.0 Å². The van der Waals surface area contributed by atoms with Crippen LogP contribution in [0, 0.1) is 6.92 Å². The third-order valence-corrected chi connectivity index (χ3v) is 6.33. The van der Waals surface area contributed by atoms with Crippen molar-refractivity contribution in [2.75, 3.05) is 20.8 Å². The Kier molecular flexibility index (Phi) is 7.81. The minimum absolute atomic E-state index is 0.126. The van der Waals surface area contributed by atoms with E-state index in [0.29, 0.717) is 35.4 Å². The van der Waals surface area contributed by atoms with Crippen LogP contribution in [0.15, 0.2) is 48.8 Å². The molecule has 4 aromatic rings. The molecule has 3 heterocycles. The number of para-hydroxylation sites is 1. The number of carbonyl (C=O) groups is 1. The molecule has 13 nitrogen and oxygen atoms in total. The largest absolute Gasteiger partial charge is 0.494 e. The van der Waals surface area contributed by atoms with Crippen LogP contribution < -0.4 is 18.9 Å².